The predicted molar refractivity (Wildman–Crippen MR) is 104 cm³/mol. The molecule has 134 valence electrons. The van der Waals surface area contributed by atoms with Crippen LogP contribution < -0.4 is 9.04 Å². The van der Waals surface area contributed by atoms with Crippen molar-refractivity contribution in [3.63, 3.8) is 0 Å². The summed E-state index contributed by atoms with van der Waals surface area (Å²) in [7, 11) is -2.21. The quantitative estimate of drug-likeness (QED) is 0.613. The summed E-state index contributed by atoms with van der Waals surface area (Å²) in [5.74, 6) is 0.602. The van der Waals surface area contributed by atoms with Crippen LogP contribution in [0.15, 0.2) is 83.8 Å². The second kappa shape index (κ2) is 7.81. The van der Waals surface area contributed by atoms with E-state index in [-0.39, 0.29) is 11.4 Å². The Bertz CT molecular complexity index is 973. The molecule has 0 atom stereocenters. The number of rotatable bonds is 6. The van der Waals surface area contributed by atoms with Gasteiger partial charge in [0.1, 0.15) is 5.75 Å². The Morgan fingerprint density at radius 2 is 1.62 bits per heavy atom. The van der Waals surface area contributed by atoms with Gasteiger partial charge in [0.2, 0.25) is 0 Å². The first-order chi connectivity index (χ1) is 12.5. The zero-order valence-corrected chi connectivity index (χ0v) is 15.7. The monoisotopic (exact) mass is 387 g/mol. The number of hydrogen-bond donors (Lipinski definition) is 0. The van der Waals surface area contributed by atoms with E-state index in [9.17, 15) is 8.42 Å². The van der Waals surface area contributed by atoms with Crippen LogP contribution in [-0.2, 0) is 16.6 Å². The van der Waals surface area contributed by atoms with Crippen molar-refractivity contribution in [1.82, 2.24) is 0 Å². The average molecular weight is 388 g/mol. The smallest absolute Gasteiger partial charge is 0.264 e. The molecule has 0 saturated heterocycles. The van der Waals surface area contributed by atoms with Crippen molar-refractivity contribution >= 4 is 27.3 Å². The summed E-state index contributed by atoms with van der Waals surface area (Å²) in [6, 6.07) is 22.5. The van der Waals surface area contributed by atoms with E-state index >= 15 is 0 Å². The lowest BCUT2D eigenvalue weighted by Gasteiger charge is -2.25. The van der Waals surface area contributed by atoms with Crippen molar-refractivity contribution in [3.05, 3.63) is 89.4 Å². The van der Waals surface area contributed by atoms with Crippen LogP contribution >= 0.6 is 11.6 Å². The number of benzene rings is 3. The van der Waals surface area contributed by atoms with Gasteiger partial charge >= 0.3 is 0 Å². The zero-order valence-electron chi connectivity index (χ0n) is 14.2. The Morgan fingerprint density at radius 1 is 0.923 bits per heavy atom. The number of halogens is 1. The van der Waals surface area contributed by atoms with Crippen molar-refractivity contribution in [2.45, 2.75) is 11.4 Å². The molecule has 26 heavy (non-hydrogen) atoms. The normalized spacial score (nSPS) is 11.2. The minimum Gasteiger partial charge on any atom is -0.497 e. The van der Waals surface area contributed by atoms with Gasteiger partial charge in [0, 0.05) is 5.02 Å². The number of ether oxygens (including phenoxy) is 1. The first-order valence-electron chi connectivity index (χ1n) is 7.97. The summed E-state index contributed by atoms with van der Waals surface area (Å²) in [5, 5.41) is 0.567. The molecule has 3 aromatic rings. The maximum Gasteiger partial charge on any atom is 0.264 e. The third-order valence-electron chi connectivity index (χ3n) is 3.91. The molecule has 0 aromatic heterocycles. The van der Waals surface area contributed by atoms with Crippen LogP contribution in [0.4, 0.5) is 5.69 Å². The summed E-state index contributed by atoms with van der Waals surface area (Å²) in [6.07, 6.45) is 0. The van der Waals surface area contributed by atoms with E-state index in [0.717, 1.165) is 5.56 Å². The highest BCUT2D eigenvalue weighted by molar-refractivity contribution is 7.92. The molecule has 0 N–H and O–H groups in total. The second-order valence-electron chi connectivity index (χ2n) is 5.65. The van der Waals surface area contributed by atoms with E-state index in [1.165, 1.54) is 4.31 Å². The molecule has 0 aliphatic rings. The number of para-hydroxylation sites is 1. The first-order valence-corrected chi connectivity index (χ1v) is 9.79. The van der Waals surface area contributed by atoms with Crippen LogP contribution in [0.5, 0.6) is 5.75 Å². The number of anilines is 1. The van der Waals surface area contributed by atoms with Crippen molar-refractivity contribution in [1.29, 1.82) is 0 Å². The first kappa shape index (κ1) is 18.3. The predicted octanol–water partition coefficient (Wildman–Crippen LogP) is 4.74. The van der Waals surface area contributed by atoms with Gasteiger partial charge in [-0.25, -0.2) is 8.42 Å². The van der Waals surface area contributed by atoms with E-state index in [4.69, 9.17) is 16.3 Å². The van der Waals surface area contributed by atoms with Gasteiger partial charge in [-0.2, -0.15) is 0 Å². The summed E-state index contributed by atoms with van der Waals surface area (Å²) >= 11 is 6.06. The van der Waals surface area contributed by atoms with Crippen molar-refractivity contribution < 1.29 is 13.2 Å². The maximum absolute atomic E-state index is 13.3. The molecule has 0 fully saturated rings. The third kappa shape index (κ3) is 4.00. The number of nitrogens with zero attached hydrogens (tertiary/aromatic N) is 1. The fourth-order valence-corrected chi connectivity index (χ4v) is 4.25. The van der Waals surface area contributed by atoms with Crippen molar-refractivity contribution in [2.75, 3.05) is 11.4 Å². The Kier molecular flexibility index (Phi) is 5.49. The minimum atomic E-state index is -3.76. The molecule has 0 heterocycles. The van der Waals surface area contributed by atoms with Crippen LogP contribution in [0.1, 0.15) is 5.56 Å². The molecule has 0 amide bonds. The SMILES string of the molecule is COc1ccc(S(=O)(=O)N(Cc2cccc(Cl)c2)c2ccccc2)cc1. The second-order valence-corrected chi connectivity index (χ2v) is 7.95. The van der Waals surface area contributed by atoms with Gasteiger partial charge in [0.05, 0.1) is 24.2 Å². The molecular formula is C20H18ClNO3S. The molecule has 0 aliphatic carbocycles. The van der Waals surface area contributed by atoms with E-state index in [2.05, 4.69) is 0 Å². The third-order valence-corrected chi connectivity index (χ3v) is 5.93. The van der Waals surface area contributed by atoms with Crippen LogP contribution in [0.25, 0.3) is 0 Å². The molecule has 3 aromatic carbocycles. The number of methoxy groups -OCH3 is 1. The highest BCUT2D eigenvalue weighted by Crippen LogP contribution is 2.27. The molecule has 0 aliphatic heterocycles. The van der Waals surface area contributed by atoms with E-state index < -0.39 is 10.0 Å². The van der Waals surface area contributed by atoms with Gasteiger partial charge in [0.25, 0.3) is 10.0 Å². The molecule has 4 nitrogen and oxygen atoms in total. The van der Waals surface area contributed by atoms with Gasteiger partial charge in [-0.15, -0.1) is 0 Å². The fourth-order valence-electron chi connectivity index (χ4n) is 2.59. The van der Waals surface area contributed by atoms with Gasteiger partial charge in [-0.1, -0.05) is 41.9 Å². The van der Waals surface area contributed by atoms with Crippen LogP contribution in [0, 0.1) is 0 Å². The summed E-state index contributed by atoms with van der Waals surface area (Å²) in [4.78, 5) is 0.198. The topological polar surface area (TPSA) is 46.6 Å². The number of hydrogen-bond acceptors (Lipinski definition) is 3. The highest BCUT2D eigenvalue weighted by atomic mass is 35.5. The van der Waals surface area contributed by atoms with Crippen LogP contribution in [0.2, 0.25) is 5.02 Å². The van der Waals surface area contributed by atoms with Crippen molar-refractivity contribution in [2.24, 2.45) is 0 Å². The Morgan fingerprint density at radius 3 is 2.23 bits per heavy atom. The van der Waals surface area contributed by atoms with Crippen LogP contribution in [0.3, 0.4) is 0 Å². The van der Waals surface area contributed by atoms with Gasteiger partial charge in [-0.3, -0.25) is 4.31 Å². The molecule has 3 rings (SSSR count). The van der Waals surface area contributed by atoms with E-state index in [1.54, 1.807) is 61.7 Å². The largest absolute Gasteiger partial charge is 0.497 e. The minimum absolute atomic E-state index is 0.179. The van der Waals surface area contributed by atoms with Gasteiger partial charge in [-0.05, 0) is 54.1 Å². The summed E-state index contributed by atoms with van der Waals surface area (Å²) < 4.78 is 33.0. The maximum atomic E-state index is 13.3. The molecule has 0 bridgehead atoms. The van der Waals surface area contributed by atoms with E-state index in [1.807, 2.05) is 24.3 Å². The average Bonchev–Trinajstić information content (AvgIpc) is 2.67. The number of sulfonamides is 1. The van der Waals surface area contributed by atoms with Crippen LogP contribution in [-0.4, -0.2) is 15.5 Å². The van der Waals surface area contributed by atoms with Crippen molar-refractivity contribution in [3.8, 4) is 5.75 Å². The molecule has 0 spiro atoms. The van der Waals surface area contributed by atoms with Gasteiger partial charge < -0.3 is 4.74 Å². The molecule has 6 heteroatoms. The lowest BCUT2D eigenvalue weighted by atomic mass is 10.2. The Labute approximate surface area is 158 Å². The summed E-state index contributed by atoms with van der Waals surface area (Å²) in [5.41, 5.74) is 1.39. The Balaban J connectivity index is 2.04. The van der Waals surface area contributed by atoms with Gasteiger partial charge in [0.15, 0.2) is 0 Å². The molecule has 0 unspecified atom stereocenters. The lowest BCUT2D eigenvalue weighted by molar-refractivity contribution is 0.414. The molecule has 0 saturated carbocycles. The molecular weight excluding hydrogens is 370 g/mol. The summed E-state index contributed by atoms with van der Waals surface area (Å²) in [6.45, 7) is 0.179. The molecule has 0 radical (unpaired) electrons. The highest BCUT2D eigenvalue weighted by Gasteiger charge is 2.25. The standard InChI is InChI=1S/C20H18ClNO3S/c1-25-19-10-12-20(13-11-19)26(23,24)22(18-8-3-2-4-9-18)15-16-6-5-7-17(21)14-16/h2-14H,15H2,1H3. The fraction of sp³-hybridized carbons (Fsp3) is 0.100. The lowest BCUT2D eigenvalue weighted by Crippen LogP contribution is -2.30. The Hall–Kier alpha value is -2.50. The van der Waals surface area contributed by atoms with E-state index in [0.29, 0.717) is 16.5 Å². The zero-order chi connectivity index (χ0) is 18.6.